The monoisotopic (exact) mass is 377 g/mol. The first-order chi connectivity index (χ1) is 12.6. The summed E-state index contributed by atoms with van der Waals surface area (Å²) in [6.07, 6.45) is 3.67. The highest BCUT2D eigenvalue weighted by atomic mass is 32.1. The predicted octanol–water partition coefficient (Wildman–Crippen LogP) is 2.85. The van der Waals surface area contributed by atoms with Gasteiger partial charge in [0.1, 0.15) is 0 Å². The number of amides is 2. The predicted molar refractivity (Wildman–Crippen MR) is 106 cm³/mol. The van der Waals surface area contributed by atoms with Crippen LogP contribution in [0.15, 0.2) is 11.4 Å². The van der Waals surface area contributed by atoms with Crippen LogP contribution in [-0.4, -0.2) is 72.3 Å². The lowest BCUT2D eigenvalue weighted by atomic mass is 9.91. The molecule has 3 rings (SSSR count). The van der Waals surface area contributed by atoms with Crippen LogP contribution in [-0.2, 0) is 4.79 Å². The largest absolute Gasteiger partial charge is 0.340 e. The number of piperidine rings is 1. The number of aryl methyl sites for hydroxylation is 1. The first-order valence-corrected chi connectivity index (χ1v) is 10.8. The first-order valence-electron chi connectivity index (χ1n) is 9.92. The summed E-state index contributed by atoms with van der Waals surface area (Å²) in [5.41, 5.74) is 1.08. The van der Waals surface area contributed by atoms with E-state index in [1.165, 1.54) is 11.3 Å². The molecule has 5 nitrogen and oxygen atoms in total. The number of hydrogen-bond acceptors (Lipinski definition) is 4. The second kappa shape index (κ2) is 9.00. The highest BCUT2D eigenvalue weighted by molar-refractivity contribution is 7.12. The number of piperazine rings is 1. The van der Waals surface area contributed by atoms with Gasteiger partial charge in [0.05, 0.1) is 4.88 Å². The van der Waals surface area contributed by atoms with Gasteiger partial charge in [-0.3, -0.25) is 9.59 Å². The van der Waals surface area contributed by atoms with Crippen molar-refractivity contribution in [2.45, 2.75) is 39.5 Å². The third-order valence-corrected chi connectivity index (χ3v) is 6.90. The Labute approximate surface area is 161 Å². The maximum absolute atomic E-state index is 12.6. The third-order valence-electron chi connectivity index (χ3n) is 5.90. The van der Waals surface area contributed by atoms with Gasteiger partial charge in [0.2, 0.25) is 5.91 Å². The van der Waals surface area contributed by atoms with Crippen LogP contribution in [0.25, 0.3) is 0 Å². The summed E-state index contributed by atoms with van der Waals surface area (Å²) in [5, 5.41) is 1.99. The lowest BCUT2D eigenvalue weighted by Crippen LogP contribution is -2.48. The fraction of sp³-hybridized carbons (Fsp3) is 0.700. The zero-order valence-corrected chi connectivity index (χ0v) is 16.9. The van der Waals surface area contributed by atoms with Gasteiger partial charge in [-0.2, -0.15) is 0 Å². The fourth-order valence-electron chi connectivity index (χ4n) is 3.96. The molecule has 2 aliphatic heterocycles. The van der Waals surface area contributed by atoms with Crippen LogP contribution in [0.2, 0.25) is 0 Å². The molecule has 3 heterocycles. The minimum Gasteiger partial charge on any atom is -0.340 e. The molecule has 0 aliphatic carbocycles. The SMILES string of the molecule is CCN1CCN(C(=O)CCC2CCN(C(=O)c3sccc3C)CC2)CC1. The van der Waals surface area contributed by atoms with E-state index in [1.807, 2.05) is 28.2 Å². The molecule has 2 saturated heterocycles. The number of thiophene rings is 1. The van der Waals surface area contributed by atoms with Crippen LogP contribution in [0.3, 0.4) is 0 Å². The minimum absolute atomic E-state index is 0.181. The molecule has 0 N–H and O–H groups in total. The number of likely N-dealkylation sites (tertiary alicyclic amines) is 1. The molecule has 0 saturated carbocycles. The minimum atomic E-state index is 0.181. The number of rotatable bonds is 5. The Kier molecular flexibility index (Phi) is 6.70. The highest BCUT2D eigenvalue weighted by Gasteiger charge is 2.26. The summed E-state index contributed by atoms with van der Waals surface area (Å²) in [6, 6.07) is 2.01. The van der Waals surface area contributed by atoms with E-state index in [0.717, 1.165) is 75.5 Å². The van der Waals surface area contributed by atoms with Gasteiger partial charge in [-0.25, -0.2) is 0 Å². The Morgan fingerprint density at radius 2 is 1.77 bits per heavy atom. The molecule has 2 aliphatic rings. The van der Waals surface area contributed by atoms with Crippen molar-refractivity contribution in [3.8, 4) is 0 Å². The molecule has 26 heavy (non-hydrogen) atoms. The average molecular weight is 378 g/mol. The van der Waals surface area contributed by atoms with E-state index in [2.05, 4.69) is 11.8 Å². The molecule has 0 atom stereocenters. The topological polar surface area (TPSA) is 43.9 Å². The van der Waals surface area contributed by atoms with Crippen LogP contribution in [0.4, 0.5) is 0 Å². The molecule has 2 amide bonds. The number of carbonyl (C=O) groups is 2. The van der Waals surface area contributed by atoms with Gasteiger partial charge in [0, 0.05) is 45.7 Å². The van der Waals surface area contributed by atoms with Crippen molar-refractivity contribution < 1.29 is 9.59 Å². The van der Waals surface area contributed by atoms with Crippen molar-refractivity contribution in [3.63, 3.8) is 0 Å². The Morgan fingerprint density at radius 3 is 2.35 bits per heavy atom. The van der Waals surface area contributed by atoms with Crippen molar-refractivity contribution >= 4 is 23.2 Å². The Hall–Kier alpha value is -1.40. The number of nitrogens with zero attached hydrogens (tertiary/aromatic N) is 3. The van der Waals surface area contributed by atoms with E-state index in [0.29, 0.717) is 18.2 Å². The van der Waals surface area contributed by atoms with E-state index >= 15 is 0 Å². The Morgan fingerprint density at radius 1 is 1.08 bits per heavy atom. The quantitative estimate of drug-likeness (QED) is 0.793. The normalized spacial score (nSPS) is 19.8. The van der Waals surface area contributed by atoms with Crippen LogP contribution in [0.1, 0.15) is 47.8 Å². The van der Waals surface area contributed by atoms with Gasteiger partial charge < -0.3 is 14.7 Å². The highest BCUT2D eigenvalue weighted by Crippen LogP contribution is 2.25. The van der Waals surface area contributed by atoms with Crippen LogP contribution < -0.4 is 0 Å². The lowest BCUT2D eigenvalue weighted by molar-refractivity contribution is -0.133. The fourth-order valence-corrected chi connectivity index (χ4v) is 4.85. The molecule has 0 spiro atoms. The molecule has 1 aromatic heterocycles. The van der Waals surface area contributed by atoms with Crippen molar-refractivity contribution in [3.05, 3.63) is 21.9 Å². The second-order valence-corrected chi connectivity index (χ2v) is 8.44. The van der Waals surface area contributed by atoms with Gasteiger partial charge in [-0.05, 0) is 55.7 Å². The Bertz CT molecular complexity index is 614. The van der Waals surface area contributed by atoms with Crippen molar-refractivity contribution in [2.75, 3.05) is 45.8 Å². The molecular formula is C20H31N3O2S. The summed E-state index contributed by atoms with van der Waals surface area (Å²) in [6.45, 7) is 10.7. The number of carbonyl (C=O) groups excluding carboxylic acids is 2. The Balaban J connectivity index is 1.38. The first kappa shape index (κ1) is 19.4. The van der Waals surface area contributed by atoms with E-state index in [1.54, 1.807) is 0 Å². The number of likely N-dealkylation sites (N-methyl/N-ethyl adjacent to an activating group) is 1. The van der Waals surface area contributed by atoms with Gasteiger partial charge >= 0.3 is 0 Å². The molecular weight excluding hydrogens is 346 g/mol. The summed E-state index contributed by atoms with van der Waals surface area (Å²) >= 11 is 1.54. The van der Waals surface area contributed by atoms with E-state index < -0.39 is 0 Å². The van der Waals surface area contributed by atoms with E-state index in [4.69, 9.17) is 0 Å². The second-order valence-electron chi connectivity index (χ2n) is 7.52. The number of hydrogen-bond donors (Lipinski definition) is 0. The molecule has 0 aromatic carbocycles. The summed E-state index contributed by atoms with van der Waals surface area (Å²) < 4.78 is 0. The van der Waals surface area contributed by atoms with E-state index in [9.17, 15) is 9.59 Å². The molecule has 2 fully saturated rings. The summed E-state index contributed by atoms with van der Waals surface area (Å²) in [4.78, 5) is 32.3. The van der Waals surface area contributed by atoms with Gasteiger partial charge in [-0.1, -0.05) is 6.92 Å². The molecule has 144 valence electrons. The standard InChI is InChI=1S/C20H31N3O2S/c1-3-21-11-13-22(14-12-21)18(24)5-4-17-6-9-23(10-7-17)20(25)19-16(2)8-15-26-19/h8,15,17H,3-7,9-14H2,1-2H3. The van der Waals surface area contributed by atoms with Gasteiger partial charge in [-0.15, -0.1) is 11.3 Å². The van der Waals surface area contributed by atoms with Gasteiger partial charge in [0.25, 0.3) is 5.91 Å². The van der Waals surface area contributed by atoms with Crippen LogP contribution in [0, 0.1) is 12.8 Å². The maximum atomic E-state index is 12.6. The van der Waals surface area contributed by atoms with Crippen LogP contribution >= 0.6 is 11.3 Å². The summed E-state index contributed by atoms with van der Waals surface area (Å²) in [5.74, 6) is 1.07. The lowest BCUT2D eigenvalue weighted by Gasteiger charge is -2.35. The third kappa shape index (κ3) is 4.65. The maximum Gasteiger partial charge on any atom is 0.264 e. The van der Waals surface area contributed by atoms with Crippen molar-refractivity contribution in [1.29, 1.82) is 0 Å². The van der Waals surface area contributed by atoms with Crippen LogP contribution in [0.5, 0.6) is 0 Å². The average Bonchev–Trinajstić information content (AvgIpc) is 3.12. The molecule has 0 unspecified atom stereocenters. The van der Waals surface area contributed by atoms with Gasteiger partial charge in [0.15, 0.2) is 0 Å². The smallest absolute Gasteiger partial charge is 0.264 e. The molecule has 6 heteroatoms. The van der Waals surface area contributed by atoms with E-state index in [-0.39, 0.29) is 5.91 Å². The van der Waals surface area contributed by atoms with Crippen molar-refractivity contribution in [2.24, 2.45) is 5.92 Å². The summed E-state index contributed by atoms with van der Waals surface area (Å²) in [7, 11) is 0. The molecule has 0 radical (unpaired) electrons. The van der Waals surface area contributed by atoms with Crippen molar-refractivity contribution in [1.82, 2.24) is 14.7 Å². The zero-order valence-electron chi connectivity index (χ0n) is 16.1. The molecule has 1 aromatic rings. The molecule has 0 bridgehead atoms. The zero-order chi connectivity index (χ0) is 18.5.